The molecule has 26 heavy (non-hydrogen) atoms. The Balaban J connectivity index is 1.78. The molecule has 0 bridgehead atoms. The molecule has 0 saturated carbocycles. The number of carbonyl (C=O) groups is 2. The van der Waals surface area contributed by atoms with Gasteiger partial charge in [-0.15, -0.1) is 0 Å². The molecule has 2 heterocycles. The Morgan fingerprint density at radius 3 is 2.19 bits per heavy atom. The van der Waals surface area contributed by atoms with Gasteiger partial charge in [-0.1, -0.05) is 0 Å². The van der Waals surface area contributed by atoms with Gasteiger partial charge in [0.1, 0.15) is 0 Å². The van der Waals surface area contributed by atoms with Gasteiger partial charge < -0.3 is 9.80 Å². The van der Waals surface area contributed by atoms with Gasteiger partial charge in [-0.2, -0.15) is 5.10 Å². The zero-order valence-electron chi connectivity index (χ0n) is 16.9. The van der Waals surface area contributed by atoms with Crippen LogP contribution in [-0.2, 0) is 23.1 Å². The summed E-state index contributed by atoms with van der Waals surface area (Å²) >= 11 is 0. The molecule has 1 fully saturated rings. The van der Waals surface area contributed by atoms with Crippen molar-refractivity contribution in [3.63, 3.8) is 0 Å². The lowest BCUT2D eigenvalue weighted by molar-refractivity contribution is -0.135. The van der Waals surface area contributed by atoms with Crippen molar-refractivity contribution in [3.8, 4) is 0 Å². The van der Waals surface area contributed by atoms with Crippen molar-refractivity contribution in [2.45, 2.75) is 40.5 Å². The van der Waals surface area contributed by atoms with Crippen molar-refractivity contribution in [2.75, 3.05) is 45.8 Å². The molecule has 0 radical (unpaired) electrons. The van der Waals surface area contributed by atoms with E-state index in [0.29, 0.717) is 26.1 Å². The summed E-state index contributed by atoms with van der Waals surface area (Å²) in [4.78, 5) is 30.7. The number of piperazine rings is 1. The normalized spacial score (nSPS) is 15.3. The molecule has 1 saturated heterocycles. The van der Waals surface area contributed by atoms with Crippen LogP contribution < -0.4 is 0 Å². The lowest BCUT2D eigenvalue weighted by Gasteiger charge is -2.35. The predicted molar refractivity (Wildman–Crippen MR) is 102 cm³/mol. The SMILES string of the molecule is CCN(CC)C(=O)CN1CCN(C(=O)CCc2c(C)nn(C)c2C)CC1. The minimum absolute atomic E-state index is 0.178. The maximum absolute atomic E-state index is 12.5. The van der Waals surface area contributed by atoms with Crippen LogP contribution in [0.4, 0.5) is 0 Å². The Hall–Kier alpha value is -1.89. The van der Waals surface area contributed by atoms with Crippen LogP contribution >= 0.6 is 0 Å². The van der Waals surface area contributed by atoms with Crippen LogP contribution in [0.2, 0.25) is 0 Å². The van der Waals surface area contributed by atoms with Gasteiger partial charge in [0.15, 0.2) is 0 Å². The second kappa shape index (κ2) is 9.16. The lowest BCUT2D eigenvalue weighted by Crippen LogP contribution is -2.51. The average molecular weight is 364 g/mol. The Morgan fingerprint density at radius 2 is 1.69 bits per heavy atom. The summed E-state index contributed by atoms with van der Waals surface area (Å²) in [5, 5.41) is 4.42. The van der Waals surface area contributed by atoms with E-state index >= 15 is 0 Å². The molecule has 1 aliphatic rings. The molecule has 1 aromatic heterocycles. The summed E-state index contributed by atoms with van der Waals surface area (Å²) in [5.41, 5.74) is 3.33. The Bertz CT molecular complexity index is 628. The summed E-state index contributed by atoms with van der Waals surface area (Å²) in [5.74, 6) is 0.375. The molecule has 0 aromatic carbocycles. The number of likely N-dealkylation sites (N-methyl/N-ethyl adjacent to an activating group) is 1. The molecular weight excluding hydrogens is 330 g/mol. The van der Waals surface area contributed by atoms with Gasteiger partial charge in [0.2, 0.25) is 11.8 Å². The van der Waals surface area contributed by atoms with Gasteiger partial charge in [0.05, 0.1) is 12.2 Å². The fraction of sp³-hybridized carbons (Fsp3) is 0.737. The Kier molecular flexibility index (Phi) is 7.20. The smallest absolute Gasteiger partial charge is 0.236 e. The van der Waals surface area contributed by atoms with Crippen LogP contribution in [0.5, 0.6) is 0 Å². The van der Waals surface area contributed by atoms with Crippen LogP contribution in [0.3, 0.4) is 0 Å². The molecule has 0 spiro atoms. The van der Waals surface area contributed by atoms with Crippen molar-refractivity contribution >= 4 is 11.8 Å². The van der Waals surface area contributed by atoms with E-state index in [1.165, 1.54) is 5.56 Å². The van der Waals surface area contributed by atoms with E-state index in [1.54, 1.807) is 0 Å². The molecule has 2 rings (SSSR count). The maximum Gasteiger partial charge on any atom is 0.236 e. The number of aryl methyl sites for hydroxylation is 2. The average Bonchev–Trinajstić information content (AvgIpc) is 2.86. The van der Waals surface area contributed by atoms with Gasteiger partial charge in [-0.3, -0.25) is 19.2 Å². The van der Waals surface area contributed by atoms with Gasteiger partial charge in [0.25, 0.3) is 0 Å². The first-order chi connectivity index (χ1) is 12.4. The monoisotopic (exact) mass is 363 g/mol. The number of aromatic nitrogens is 2. The standard InChI is InChI=1S/C19H33N5O2/c1-6-23(7-2)19(26)14-22-10-12-24(13-11-22)18(25)9-8-17-15(3)20-21(5)16(17)4/h6-14H2,1-5H3. The van der Waals surface area contributed by atoms with Crippen LogP contribution in [0.1, 0.15) is 37.2 Å². The minimum Gasteiger partial charge on any atom is -0.342 e. The van der Waals surface area contributed by atoms with Crippen molar-refractivity contribution in [2.24, 2.45) is 7.05 Å². The summed E-state index contributed by atoms with van der Waals surface area (Å²) in [6.45, 7) is 13.0. The van der Waals surface area contributed by atoms with Crippen LogP contribution in [0.25, 0.3) is 0 Å². The zero-order valence-corrected chi connectivity index (χ0v) is 16.9. The lowest BCUT2D eigenvalue weighted by atomic mass is 10.1. The van der Waals surface area contributed by atoms with Crippen molar-refractivity contribution in [1.29, 1.82) is 0 Å². The molecule has 1 aromatic rings. The number of hydrogen-bond acceptors (Lipinski definition) is 4. The second-order valence-corrected chi connectivity index (χ2v) is 7.00. The zero-order chi connectivity index (χ0) is 19.3. The first-order valence-corrected chi connectivity index (χ1v) is 9.64. The van der Waals surface area contributed by atoms with Crippen molar-refractivity contribution < 1.29 is 9.59 Å². The third-order valence-electron chi connectivity index (χ3n) is 5.45. The quantitative estimate of drug-likeness (QED) is 0.725. The van der Waals surface area contributed by atoms with Gasteiger partial charge in [0, 0.05) is 58.4 Å². The minimum atomic E-state index is 0.178. The molecule has 0 N–H and O–H groups in total. The summed E-state index contributed by atoms with van der Waals surface area (Å²) < 4.78 is 1.88. The molecule has 0 aliphatic carbocycles. The third-order valence-corrected chi connectivity index (χ3v) is 5.45. The first kappa shape index (κ1) is 20.4. The van der Waals surface area contributed by atoms with E-state index in [0.717, 1.165) is 44.0 Å². The van der Waals surface area contributed by atoms with Gasteiger partial charge >= 0.3 is 0 Å². The highest BCUT2D eigenvalue weighted by molar-refractivity contribution is 5.78. The number of nitrogens with zero attached hydrogens (tertiary/aromatic N) is 5. The third kappa shape index (κ3) is 4.84. The highest BCUT2D eigenvalue weighted by Crippen LogP contribution is 2.15. The van der Waals surface area contributed by atoms with E-state index < -0.39 is 0 Å². The fourth-order valence-electron chi connectivity index (χ4n) is 3.59. The molecule has 7 heteroatoms. The maximum atomic E-state index is 12.5. The number of amides is 2. The number of rotatable bonds is 7. The van der Waals surface area contributed by atoms with Gasteiger partial charge in [-0.05, 0) is 39.7 Å². The van der Waals surface area contributed by atoms with Gasteiger partial charge in [-0.25, -0.2) is 0 Å². The Morgan fingerprint density at radius 1 is 1.08 bits per heavy atom. The molecule has 2 amide bonds. The number of carbonyl (C=O) groups excluding carboxylic acids is 2. The van der Waals surface area contributed by atoms with E-state index in [2.05, 4.69) is 10.00 Å². The van der Waals surface area contributed by atoms with Crippen molar-refractivity contribution in [3.05, 3.63) is 17.0 Å². The molecule has 0 unspecified atom stereocenters. The van der Waals surface area contributed by atoms with E-state index in [4.69, 9.17) is 0 Å². The summed E-state index contributed by atoms with van der Waals surface area (Å²) in [7, 11) is 1.94. The summed E-state index contributed by atoms with van der Waals surface area (Å²) in [6, 6.07) is 0. The van der Waals surface area contributed by atoms with Crippen LogP contribution in [0.15, 0.2) is 0 Å². The van der Waals surface area contributed by atoms with Crippen LogP contribution in [0, 0.1) is 13.8 Å². The van der Waals surface area contributed by atoms with E-state index in [9.17, 15) is 9.59 Å². The van der Waals surface area contributed by atoms with Crippen LogP contribution in [-0.4, -0.2) is 82.1 Å². The van der Waals surface area contributed by atoms with Crippen molar-refractivity contribution in [1.82, 2.24) is 24.5 Å². The fourth-order valence-corrected chi connectivity index (χ4v) is 3.59. The predicted octanol–water partition coefficient (Wildman–Crippen LogP) is 0.982. The highest BCUT2D eigenvalue weighted by atomic mass is 16.2. The molecular formula is C19H33N5O2. The molecule has 146 valence electrons. The van der Waals surface area contributed by atoms with E-state index in [-0.39, 0.29) is 11.8 Å². The topological polar surface area (TPSA) is 61.7 Å². The molecule has 7 nitrogen and oxygen atoms in total. The largest absolute Gasteiger partial charge is 0.342 e. The highest BCUT2D eigenvalue weighted by Gasteiger charge is 2.23. The first-order valence-electron chi connectivity index (χ1n) is 9.64. The summed E-state index contributed by atoms with van der Waals surface area (Å²) in [6.07, 6.45) is 1.26. The molecule has 1 aliphatic heterocycles. The van der Waals surface area contributed by atoms with E-state index in [1.807, 2.05) is 49.2 Å². The Labute approximate surface area is 156 Å². The second-order valence-electron chi connectivity index (χ2n) is 7.00. The number of hydrogen-bond donors (Lipinski definition) is 0. The molecule has 0 atom stereocenters.